The van der Waals surface area contributed by atoms with E-state index >= 15 is 0 Å². The summed E-state index contributed by atoms with van der Waals surface area (Å²) in [6.07, 6.45) is 10.3. The Kier molecular flexibility index (Phi) is 5.09. The van der Waals surface area contributed by atoms with Crippen LogP contribution >= 0.6 is 0 Å². The molecule has 1 unspecified atom stereocenters. The molecule has 0 radical (unpaired) electrons. The van der Waals surface area contributed by atoms with Crippen LogP contribution in [0.15, 0.2) is 40.1 Å². The molecule has 2 N–H and O–H groups in total. The maximum Gasteiger partial charge on any atom is 0.0590 e. The average Bonchev–Trinajstić information content (AvgIpc) is 2.43. The van der Waals surface area contributed by atoms with E-state index < -0.39 is 5.54 Å². The molecule has 0 bridgehead atoms. The number of hydrogen-bond donors (Lipinski definition) is 1. The summed E-state index contributed by atoms with van der Waals surface area (Å²) in [6, 6.07) is 0. The molecule has 1 rings (SSSR count). The normalized spacial score (nSPS) is 24.9. The van der Waals surface area contributed by atoms with E-state index in [0.717, 1.165) is 18.4 Å². The van der Waals surface area contributed by atoms with Gasteiger partial charge >= 0.3 is 0 Å². The second kappa shape index (κ2) is 6.14. The second-order valence-corrected chi connectivity index (χ2v) is 5.69. The Hall–Kier alpha value is -1.15. The molecule has 0 aromatic carbocycles. The van der Waals surface area contributed by atoms with E-state index in [1.54, 1.807) is 0 Å². The third-order valence-electron chi connectivity index (χ3n) is 3.24. The van der Waals surface area contributed by atoms with Crippen LogP contribution in [0.25, 0.3) is 0 Å². The van der Waals surface area contributed by atoms with Crippen LogP contribution in [-0.4, -0.2) is 11.8 Å². The van der Waals surface area contributed by atoms with Crippen molar-refractivity contribution in [2.75, 3.05) is 0 Å². The standard InChI is InChI=1S/C16H26N2/c1-6-14-9-16(5,17)15(11-18-10-14)13(4)8-7-12(2)3/h8-12H,6-7,17H2,1-5H3/b13-8+. The Balaban J connectivity index is 3.02. The SMILES string of the molecule is CCC1=CC(C)(N)C(/C(C)=C/CC(C)C)=CN=C1. The highest BCUT2D eigenvalue weighted by atomic mass is 14.8. The zero-order valence-corrected chi connectivity index (χ0v) is 12.3. The van der Waals surface area contributed by atoms with Crippen molar-refractivity contribution in [3.63, 3.8) is 0 Å². The van der Waals surface area contributed by atoms with E-state index in [-0.39, 0.29) is 0 Å². The maximum atomic E-state index is 6.43. The molecule has 0 aliphatic carbocycles. The fraction of sp³-hybridized carbons (Fsp3) is 0.562. The van der Waals surface area contributed by atoms with Crippen LogP contribution in [0.2, 0.25) is 0 Å². The number of hydrogen-bond acceptors (Lipinski definition) is 2. The predicted octanol–water partition coefficient (Wildman–Crippen LogP) is 4.00. The van der Waals surface area contributed by atoms with E-state index in [9.17, 15) is 0 Å². The summed E-state index contributed by atoms with van der Waals surface area (Å²) in [6.45, 7) is 10.7. The van der Waals surface area contributed by atoms with Gasteiger partial charge in [0, 0.05) is 12.4 Å². The van der Waals surface area contributed by atoms with E-state index in [1.165, 1.54) is 11.1 Å². The van der Waals surface area contributed by atoms with Crippen LogP contribution < -0.4 is 5.73 Å². The summed E-state index contributed by atoms with van der Waals surface area (Å²) < 4.78 is 0. The maximum absolute atomic E-state index is 6.43. The second-order valence-electron chi connectivity index (χ2n) is 5.69. The Morgan fingerprint density at radius 1 is 1.50 bits per heavy atom. The van der Waals surface area contributed by atoms with E-state index in [0.29, 0.717) is 5.92 Å². The number of aliphatic imine (C=N–C) groups is 1. The fourth-order valence-corrected chi connectivity index (χ4v) is 2.09. The summed E-state index contributed by atoms with van der Waals surface area (Å²) in [7, 11) is 0. The van der Waals surface area contributed by atoms with Gasteiger partial charge in [-0.25, -0.2) is 0 Å². The first kappa shape index (κ1) is 14.9. The summed E-state index contributed by atoms with van der Waals surface area (Å²) in [4.78, 5) is 4.37. The molecule has 1 aliphatic rings. The van der Waals surface area contributed by atoms with Crippen molar-refractivity contribution in [3.05, 3.63) is 35.1 Å². The molecule has 0 aromatic rings. The highest BCUT2D eigenvalue weighted by molar-refractivity contribution is 5.80. The molecule has 0 aromatic heterocycles. The highest BCUT2D eigenvalue weighted by Crippen LogP contribution is 2.27. The van der Waals surface area contributed by atoms with Gasteiger partial charge in [-0.1, -0.05) is 32.9 Å². The molecule has 1 atom stereocenters. The lowest BCUT2D eigenvalue weighted by Crippen LogP contribution is -2.36. The molecule has 1 aliphatic heterocycles. The minimum atomic E-state index is -0.431. The monoisotopic (exact) mass is 246 g/mol. The van der Waals surface area contributed by atoms with Crippen LogP contribution in [0.4, 0.5) is 0 Å². The van der Waals surface area contributed by atoms with Gasteiger partial charge in [0.15, 0.2) is 0 Å². The van der Waals surface area contributed by atoms with E-state index in [2.05, 4.69) is 51.8 Å². The lowest BCUT2D eigenvalue weighted by Gasteiger charge is -2.25. The largest absolute Gasteiger partial charge is 0.318 e. The van der Waals surface area contributed by atoms with Crippen LogP contribution in [0, 0.1) is 5.92 Å². The molecule has 0 amide bonds. The van der Waals surface area contributed by atoms with Crippen molar-refractivity contribution >= 4 is 6.21 Å². The summed E-state index contributed by atoms with van der Waals surface area (Å²) in [5.74, 6) is 0.667. The van der Waals surface area contributed by atoms with Gasteiger partial charge in [0.25, 0.3) is 0 Å². The zero-order valence-electron chi connectivity index (χ0n) is 12.3. The van der Waals surface area contributed by atoms with Gasteiger partial charge in [0.05, 0.1) is 5.54 Å². The average molecular weight is 246 g/mol. The molecule has 1 heterocycles. The molecule has 2 nitrogen and oxygen atoms in total. The fourth-order valence-electron chi connectivity index (χ4n) is 2.09. The zero-order chi connectivity index (χ0) is 13.8. The summed E-state index contributed by atoms with van der Waals surface area (Å²) >= 11 is 0. The molecule has 0 saturated carbocycles. The van der Waals surface area contributed by atoms with E-state index in [4.69, 9.17) is 5.73 Å². The number of nitrogens with zero attached hydrogens (tertiary/aromatic N) is 1. The predicted molar refractivity (Wildman–Crippen MR) is 80.8 cm³/mol. The number of allylic oxidation sites excluding steroid dienone is 2. The van der Waals surface area contributed by atoms with Crippen LogP contribution in [0.5, 0.6) is 0 Å². The minimum Gasteiger partial charge on any atom is -0.318 e. The minimum absolute atomic E-state index is 0.431. The van der Waals surface area contributed by atoms with E-state index in [1.807, 2.05) is 12.4 Å². The Labute approximate surface area is 111 Å². The number of rotatable bonds is 4. The number of nitrogens with two attached hydrogens (primary N) is 1. The van der Waals surface area contributed by atoms with Crippen LogP contribution in [-0.2, 0) is 0 Å². The van der Waals surface area contributed by atoms with Crippen LogP contribution in [0.1, 0.15) is 47.5 Å². The lowest BCUT2D eigenvalue weighted by molar-refractivity contribution is 0.653. The van der Waals surface area contributed by atoms with Gasteiger partial charge in [0.1, 0.15) is 0 Å². The van der Waals surface area contributed by atoms with Crippen molar-refractivity contribution in [1.82, 2.24) is 0 Å². The van der Waals surface area contributed by atoms with Crippen molar-refractivity contribution in [2.45, 2.75) is 53.0 Å². The Morgan fingerprint density at radius 3 is 2.72 bits per heavy atom. The van der Waals surface area contributed by atoms with Gasteiger partial charge in [-0.3, -0.25) is 4.99 Å². The quantitative estimate of drug-likeness (QED) is 0.800. The van der Waals surface area contributed by atoms with Crippen molar-refractivity contribution < 1.29 is 0 Å². The topological polar surface area (TPSA) is 38.4 Å². The van der Waals surface area contributed by atoms with Gasteiger partial charge in [-0.15, -0.1) is 0 Å². The first-order valence-electron chi connectivity index (χ1n) is 6.78. The smallest absolute Gasteiger partial charge is 0.0590 e. The molecular formula is C16H26N2. The van der Waals surface area contributed by atoms with Crippen molar-refractivity contribution in [2.24, 2.45) is 16.6 Å². The first-order valence-corrected chi connectivity index (χ1v) is 6.78. The Bertz CT molecular complexity index is 407. The Morgan fingerprint density at radius 2 is 2.17 bits per heavy atom. The van der Waals surface area contributed by atoms with Crippen molar-refractivity contribution in [3.8, 4) is 0 Å². The first-order chi connectivity index (χ1) is 8.36. The third-order valence-corrected chi connectivity index (χ3v) is 3.24. The molecule has 2 heteroatoms. The summed E-state index contributed by atoms with van der Waals surface area (Å²) in [5.41, 5.74) is 9.55. The molecule has 100 valence electrons. The molecule has 18 heavy (non-hydrogen) atoms. The molecule has 0 spiro atoms. The highest BCUT2D eigenvalue weighted by Gasteiger charge is 2.24. The molecule has 0 fully saturated rings. The van der Waals surface area contributed by atoms with Crippen molar-refractivity contribution in [1.29, 1.82) is 0 Å². The molecule has 0 saturated heterocycles. The summed E-state index contributed by atoms with van der Waals surface area (Å²) in [5, 5.41) is 0. The van der Waals surface area contributed by atoms with Gasteiger partial charge in [0.2, 0.25) is 0 Å². The van der Waals surface area contributed by atoms with Gasteiger partial charge < -0.3 is 5.73 Å². The molecular weight excluding hydrogens is 220 g/mol. The third kappa shape index (κ3) is 3.95. The lowest BCUT2D eigenvalue weighted by atomic mass is 9.86. The van der Waals surface area contributed by atoms with Gasteiger partial charge in [-0.2, -0.15) is 0 Å². The van der Waals surface area contributed by atoms with Gasteiger partial charge in [-0.05, 0) is 49.3 Å². The van der Waals surface area contributed by atoms with Crippen LogP contribution in [0.3, 0.4) is 0 Å².